The van der Waals surface area contributed by atoms with Crippen molar-refractivity contribution in [1.29, 1.82) is 0 Å². The number of allylic oxidation sites excluding steroid dienone is 3. The van der Waals surface area contributed by atoms with Crippen LogP contribution in [0.2, 0.25) is 13.1 Å². The third kappa shape index (κ3) is 4.77. The zero-order valence-corrected chi connectivity index (χ0v) is 27.4. The fourth-order valence-electron chi connectivity index (χ4n) is 6.30. The van der Waals surface area contributed by atoms with Gasteiger partial charge in [-0.1, -0.05) is 91.5 Å². The maximum atomic E-state index is 2.49. The van der Waals surface area contributed by atoms with E-state index in [9.17, 15) is 0 Å². The van der Waals surface area contributed by atoms with Crippen LogP contribution in [-0.2, 0) is 26.2 Å². The number of benzene rings is 3. The maximum Gasteiger partial charge on any atom is 2.00 e. The number of aromatic nitrogens is 1. The summed E-state index contributed by atoms with van der Waals surface area (Å²) >= 11 is 0. The second-order valence-corrected chi connectivity index (χ2v) is 12.6. The fourth-order valence-corrected chi connectivity index (χ4v) is 7.91. The van der Waals surface area contributed by atoms with Crippen LogP contribution >= 0.6 is 0 Å². The van der Waals surface area contributed by atoms with Crippen LogP contribution in [0.5, 0.6) is 0 Å². The molecule has 0 radical (unpaired) electrons. The summed E-state index contributed by atoms with van der Waals surface area (Å²) in [7, 11) is -0.676. The van der Waals surface area contributed by atoms with Gasteiger partial charge in [-0.05, 0) is 77.5 Å². The standard InChI is InChI=1S/C33H31NSi.2ClH.Zr/c1-21-19-28-26(24-13-8-6-9-14-24)17-12-18-27(28)30(21)31-23(3)33(35(4)5)32-29(31)20-22(2)34(32)25-15-10-7-11-16-25;;;/h6-20,30H,1-5H3;2*1H;/q;;;+2/p-2. The molecule has 0 aliphatic heterocycles. The molecule has 4 aromatic rings. The van der Waals surface area contributed by atoms with E-state index < -0.39 is 8.41 Å². The Balaban J connectivity index is 0.00000133. The first kappa shape index (κ1) is 30.5. The number of halogens is 2. The Bertz CT molecular complexity index is 1580. The first-order valence-electron chi connectivity index (χ1n) is 12.5. The van der Waals surface area contributed by atoms with Gasteiger partial charge in [0.1, 0.15) is 0 Å². The summed E-state index contributed by atoms with van der Waals surface area (Å²) in [6.07, 6.45) is 2.44. The van der Waals surface area contributed by atoms with Gasteiger partial charge in [0.2, 0.25) is 0 Å². The van der Waals surface area contributed by atoms with Crippen molar-refractivity contribution in [2.24, 2.45) is 0 Å². The van der Waals surface area contributed by atoms with Crippen molar-refractivity contribution in [3.05, 3.63) is 124 Å². The molecule has 1 unspecified atom stereocenters. The van der Waals surface area contributed by atoms with Gasteiger partial charge in [-0.3, -0.25) is 0 Å². The molecule has 0 saturated carbocycles. The Morgan fingerprint density at radius 1 is 0.737 bits per heavy atom. The van der Waals surface area contributed by atoms with E-state index in [2.05, 4.69) is 129 Å². The van der Waals surface area contributed by atoms with Gasteiger partial charge in [0.05, 0.1) is 5.69 Å². The minimum absolute atomic E-state index is 0. The molecule has 5 heteroatoms. The topological polar surface area (TPSA) is 4.93 Å². The molecule has 1 atom stereocenters. The summed E-state index contributed by atoms with van der Waals surface area (Å²) in [5.41, 5.74) is 15.3. The van der Waals surface area contributed by atoms with Crippen molar-refractivity contribution >= 4 is 25.2 Å². The minimum atomic E-state index is -0.676. The number of fused-ring (bicyclic) bond motifs is 2. The van der Waals surface area contributed by atoms with E-state index in [1.54, 1.807) is 5.17 Å². The molecule has 2 aliphatic rings. The van der Waals surface area contributed by atoms with E-state index in [1.165, 1.54) is 61.6 Å². The Kier molecular flexibility index (Phi) is 9.64. The first-order chi connectivity index (χ1) is 17.0. The summed E-state index contributed by atoms with van der Waals surface area (Å²) in [5, 5.41) is 1.58. The number of hydrogen-bond donors (Lipinski definition) is 0. The molecular formula is C33H31Cl2NSiZr. The normalized spacial score (nSPS) is 15.1. The third-order valence-corrected chi connectivity index (χ3v) is 9.27. The van der Waals surface area contributed by atoms with Crippen LogP contribution in [0.25, 0.3) is 28.5 Å². The second kappa shape index (κ2) is 12.0. The van der Waals surface area contributed by atoms with Crippen molar-refractivity contribution in [3.63, 3.8) is 0 Å². The molecule has 0 spiro atoms. The minimum Gasteiger partial charge on any atom is -1.00 e. The van der Waals surface area contributed by atoms with Gasteiger partial charge in [-0.25, -0.2) is 0 Å². The van der Waals surface area contributed by atoms with Gasteiger partial charge >= 0.3 is 26.2 Å². The van der Waals surface area contributed by atoms with Crippen molar-refractivity contribution in [2.45, 2.75) is 39.8 Å². The molecule has 0 N–H and O–H groups in total. The summed E-state index contributed by atoms with van der Waals surface area (Å²) in [6.45, 7) is 11.8. The Morgan fingerprint density at radius 2 is 1.37 bits per heavy atom. The summed E-state index contributed by atoms with van der Waals surface area (Å²) in [5.74, 6) is 0.303. The van der Waals surface area contributed by atoms with Gasteiger partial charge in [0.25, 0.3) is 0 Å². The molecule has 1 heterocycles. The van der Waals surface area contributed by atoms with E-state index >= 15 is 0 Å². The van der Waals surface area contributed by atoms with Gasteiger partial charge < -0.3 is 29.4 Å². The van der Waals surface area contributed by atoms with E-state index in [4.69, 9.17) is 0 Å². The number of aryl methyl sites for hydroxylation is 1. The summed E-state index contributed by atoms with van der Waals surface area (Å²) in [4.78, 5) is 0. The molecular weight excluding hydrogens is 601 g/mol. The van der Waals surface area contributed by atoms with Crippen LogP contribution in [0, 0.1) is 6.92 Å². The maximum absolute atomic E-state index is 2.49. The Labute approximate surface area is 259 Å². The molecule has 6 rings (SSSR count). The average Bonchev–Trinajstić information content (AvgIpc) is 3.45. The summed E-state index contributed by atoms with van der Waals surface area (Å²) in [6, 6.07) is 31.0. The van der Waals surface area contributed by atoms with E-state index in [0.717, 1.165) is 0 Å². The SMILES string of the molecule is CC1=Cc2c(-c3ccccc3)cccc2C1C1=C(C)C(=[Si](C)C)c2c1cc(C)n2-c1ccccc1.[Cl-].[Cl-].[Zr+2]. The molecule has 0 fully saturated rings. The molecule has 0 bridgehead atoms. The van der Waals surface area contributed by atoms with Crippen LogP contribution < -0.4 is 24.8 Å². The monoisotopic (exact) mass is 629 g/mol. The first-order valence-corrected chi connectivity index (χ1v) is 15.0. The van der Waals surface area contributed by atoms with Crippen LogP contribution in [0.1, 0.15) is 47.8 Å². The van der Waals surface area contributed by atoms with Gasteiger partial charge in [-0.15, -0.1) is 0 Å². The molecule has 1 nitrogen and oxygen atoms in total. The van der Waals surface area contributed by atoms with Crippen molar-refractivity contribution in [2.75, 3.05) is 0 Å². The van der Waals surface area contributed by atoms with Crippen LogP contribution in [-0.4, -0.2) is 18.1 Å². The number of para-hydroxylation sites is 1. The molecule has 0 amide bonds. The molecule has 38 heavy (non-hydrogen) atoms. The largest absolute Gasteiger partial charge is 2.00 e. The van der Waals surface area contributed by atoms with Crippen molar-refractivity contribution in [1.82, 2.24) is 4.57 Å². The predicted molar refractivity (Wildman–Crippen MR) is 153 cm³/mol. The summed E-state index contributed by atoms with van der Waals surface area (Å²) < 4.78 is 2.49. The Hall–Kier alpha value is -2.03. The molecule has 1 aromatic heterocycles. The van der Waals surface area contributed by atoms with Crippen LogP contribution in [0.15, 0.2) is 96.1 Å². The smallest absolute Gasteiger partial charge is 1.00 e. The molecule has 190 valence electrons. The quantitative estimate of drug-likeness (QED) is 0.306. The van der Waals surface area contributed by atoms with Crippen LogP contribution in [0.4, 0.5) is 0 Å². The van der Waals surface area contributed by atoms with Crippen molar-refractivity contribution < 1.29 is 51.0 Å². The molecule has 2 aliphatic carbocycles. The van der Waals surface area contributed by atoms with Gasteiger partial charge in [0, 0.05) is 31.3 Å². The van der Waals surface area contributed by atoms with Gasteiger partial charge in [0.15, 0.2) is 0 Å². The third-order valence-electron chi connectivity index (χ3n) is 7.66. The van der Waals surface area contributed by atoms with E-state index in [1.807, 2.05) is 0 Å². The zero-order valence-electron chi connectivity index (χ0n) is 22.4. The van der Waals surface area contributed by atoms with Crippen molar-refractivity contribution in [3.8, 4) is 16.8 Å². The average molecular weight is 632 g/mol. The van der Waals surface area contributed by atoms with E-state index in [-0.39, 0.29) is 51.0 Å². The second-order valence-electron chi connectivity index (χ2n) is 10.1. The number of hydrogen-bond acceptors (Lipinski definition) is 0. The Morgan fingerprint density at radius 3 is 2.00 bits per heavy atom. The predicted octanol–water partition coefficient (Wildman–Crippen LogP) is 2.30. The van der Waals surface area contributed by atoms with Gasteiger partial charge in [-0.2, -0.15) is 0 Å². The molecule has 3 aromatic carbocycles. The van der Waals surface area contributed by atoms with Crippen LogP contribution in [0.3, 0.4) is 0 Å². The number of nitrogens with zero attached hydrogens (tertiary/aromatic N) is 1. The molecule has 0 saturated heterocycles. The van der Waals surface area contributed by atoms with E-state index in [0.29, 0.717) is 5.92 Å². The number of rotatable bonds is 3. The zero-order chi connectivity index (χ0) is 24.3. The fraction of sp³-hybridized carbons (Fsp3) is 0.182.